The molecule has 96 valence electrons. The summed E-state index contributed by atoms with van der Waals surface area (Å²) in [6.07, 6.45) is 1.56. The third-order valence-corrected chi connectivity index (χ3v) is 4.73. The van der Waals surface area contributed by atoms with Gasteiger partial charge in [-0.1, -0.05) is 0 Å². The first-order chi connectivity index (χ1) is 8.65. The van der Waals surface area contributed by atoms with E-state index in [2.05, 4.69) is 4.90 Å². The van der Waals surface area contributed by atoms with Crippen LogP contribution >= 0.6 is 11.3 Å². The molecule has 0 N–H and O–H groups in total. The number of aromatic carboxylic acids is 1. The van der Waals surface area contributed by atoms with Crippen molar-refractivity contribution >= 4 is 28.2 Å². The van der Waals surface area contributed by atoms with Crippen molar-refractivity contribution in [3.8, 4) is 0 Å². The Kier molecular flexibility index (Phi) is 4.55. The van der Waals surface area contributed by atoms with Gasteiger partial charge in [-0.05, 0) is 18.6 Å². The summed E-state index contributed by atoms with van der Waals surface area (Å²) in [5.74, 6) is -0.873. The summed E-state index contributed by atoms with van der Waals surface area (Å²) in [5.41, 5.74) is 0. The molecule has 5 nitrogen and oxygen atoms in total. The van der Waals surface area contributed by atoms with Crippen LogP contribution in [0.5, 0.6) is 0 Å². The van der Waals surface area contributed by atoms with E-state index in [1.807, 2.05) is 11.0 Å². The molecule has 3 heterocycles. The second-order valence-corrected chi connectivity index (χ2v) is 5.71. The Morgan fingerprint density at radius 3 is 2.84 bits per heavy atom. The van der Waals surface area contributed by atoms with E-state index >= 15 is 0 Å². The van der Waals surface area contributed by atoms with Crippen LogP contribution in [0.1, 0.15) is 22.5 Å². The van der Waals surface area contributed by atoms with Gasteiger partial charge in [0.15, 0.2) is 0 Å². The Morgan fingerprint density at radius 2 is 2.16 bits per heavy atom. The molecule has 1 aromatic heterocycles. The van der Waals surface area contributed by atoms with Crippen molar-refractivity contribution in [2.24, 2.45) is 0 Å². The molecule has 0 spiro atoms. The third-order valence-electron chi connectivity index (χ3n) is 3.60. The average molecular weight is 288 g/mol. The minimum atomic E-state index is -1.12. The molecule has 2 aliphatic rings. The number of piperazine rings is 1. The molecule has 1 amide bonds. The fourth-order valence-corrected chi connectivity index (χ4v) is 3.55. The SMILES string of the molecule is O=C([O-])c1ccc(N2CCN3C(=O)CCC3C2)s1.[Na+]. The van der Waals surface area contributed by atoms with Crippen LogP contribution in [0.3, 0.4) is 0 Å². The summed E-state index contributed by atoms with van der Waals surface area (Å²) in [5, 5.41) is 11.7. The third kappa shape index (κ3) is 2.81. The van der Waals surface area contributed by atoms with E-state index in [1.54, 1.807) is 6.07 Å². The Labute approximate surface area is 137 Å². The molecular weight excluding hydrogens is 275 g/mol. The molecule has 3 rings (SSSR count). The molecule has 2 saturated heterocycles. The number of hydrogen-bond acceptors (Lipinski definition) is 5. The van der Waals surface area contributed by atoms with Crippen molar-refractivity contribution in [1.82, 2.24) is 4.90 Å². The van der Waals surface area contributed by atoms with Crippen molar-refractivity contribution in [1.29, 1.82) is 0 Å². The molecule has 1 atom stereocenters. The first-order valence-electron chi connectivity index (χ1n) is 6.01. The van der Waals surface area contributed by atoms with Gasteiger partial charge in [-0.25, -0.2) is 0 Å². The summed E-state index contributed by atoms with van der Waals surface area (Å²) < 4.78 is 0. The van der Waals surface area contributed by atoms with Crippen molar-refractivity contribution in [2.75, 3.05) is 24.5 Å². The van der Waals surface area contributed by atoms with Gasteiger partial charge in [0.25, 0.3) is 0 Å². The quantitative estimate of drug-likeness (QED) is 0.542. The van der Waals surface area contributed by atoms with Gasteiger partial charge in [-0.3, -0.25) is 4.79 Å². The largest absolute Gasteiger partial charge is 1.00 e. The molecule has 7 heteroatoms. The standard InChI is InChI=1S/C12H14N2O3S.Na/c15-10-3-1-8-7-13(5-6-14(8)10)11-4-2-9(18-11)12(16)17;/h2,4,8H,1,3,5-7H2,(H,16,17);/q;+1/p-1. The molecule has 0 radical (unpaired) electrons. The molecular formula is C12H13N2NaO3S. The monoisotopic (exact) mass is 288 g/mol. The number of nitrogens with zero attached hydrogens (tertiary/aromatic N) is 2. The number of anilines is 1. The van der Waals surface area contributed by atoms with Crippen LogP contribution in [0, 0.1) is 0 Å². The number of carboxylic acid groups (broad SMARTS) is 1. The molecule has 0 aromatic carbocycles. The normalized spacial score (nSPS) is 22.1. The van der Waals surface area contributed by atoms with Crippen LogP contribution in [0.15, 0.2) is 12.1 Å². The van der Waals surface area contributed by atoms with Crippen LogP contribution in [0.25, 0.3) is 0 Å². The smallest absolute Gasteiger partial charge is 0.544 e. The summed E-state index contributed by atoms with van der Waals surface area (Å²) in [6.45, 7) is 2.32. The van der Waals surface area contributed by atoms with Gasteiger partial charge in [0, 0.05) is 32.1 Å². The Balaban J connectivity index is 0.00000133. The summed E-state index contributed by atoms with van der Waals surface area (Å²) >= 11 is 1.24. The molecule has 0 bridgehead atoms. The Bertz CT molecular complexity index is 505. The molecule has 2 fully saturated rings. The van der Waals surface area contributed by atoms with Gasteiger partial charge in [0.1, 0.15) is 0 Å². The van der Waals surface area contributed by atoms with Crippen molar-refractivity contribution in [3.63, 3.8) is 0 Å². The Hall–Kier alpha value is -0.560. The molecule has 0 aliphatic carbocycles. The maximum Gasteiger partial charge on any atom is 1.00 e. The van der Waals surface area contributed by atoms with Crippen molar-refractivity contribution in [2.45, 2.75) is 18.9 Å². The molecule has 1 unspecified atom stereocenters. The maximum absolute atomic E-state index is 11.6. The van der Waals surface area contributed by atoms with Crippen LogP contribution in [0.2, 0.25) is 0 Å². The van der Waals surface area contributed by atoms with Gasteiger partial charge >= 0.3 is 29.6 Å². The second kappa shape index (κ2) is 5.83. The minimum absolute atomic E-state index is 0. The second-order valence-electron chi connectivity index (χ2n) is 4.65. The van der Waals surface area contributed by atoms with E-state index in [4.69, 9.17) is 0 Å². The van der Waals surface area contributed by atoms with Gasteiger partial charge in [0.05, 0.1) is 15.8 Å². The fraction of sp³-hybridized carbons (Fsp3) is 0.500. The summed E-state index contributed by atoms with van der Waals surface area (Å²) in [6, 6.07) is 3.70. The minimum Gasteiger partial charge on any atom is -0.544 e. The molecule has 2 aliphatic heterocycles. The zero-order valence-electron chi connectivity index (χ0n) is 10.8. The van der Waals surface area contributed by atoms with E-state index in [9.17, 15) is 14.7 Å². The number of hydrogen-bond donors (Lipinski definition) is 0. The Morgan fingerprint density at radius 1 is 1.37 bits per heavy atom. The topological polar surface area (TPSA) is 63.7 Å². The number of carbonyl (C=O) groups excluding carboxylic acids is 2. The van der Waals surface area contributed by atoms with Crippen LogP contribution in [-0.2, 0) is 4.79 Å². The number of rotatable bonds is 2. The zero-order chi connectivity index (χ0) is 12.7. The number of thiophene rings is 1. The number of amides is 1. The van der Waals surface area contributed by atoms with E-state index < -0.39 is 5.97 Å². The maximum atomic E-state index is 11.6. The first-order valence-corrected chi connectivity index (χ1v) is 6.82. The van der Waals surface area contributed by atoms with E-state index in [1.165, 1.54) is 11.3 Å². The van der Waals surface area contributed by atoms with Gasteiger partial charge < -0.3 is 19.7 Å². The van der Waals surface area contributed by atoms with E-state index in [0.29, 0.717) is 12.5 Å². The predicted octanol–water partition coefficient (Wildman–Crippen LogP) is -3.07. The molecule has 1 aromatic rings. The molecule has 0 saturated carbocycles. The van der Waals surface area contributed by atoms with Crippen LogP contribution in [0.4, 0.5) is 5.00 Å². The average Bonchev–Trinajstić information content (AvgIpc) is 2.96. The zero-order valence-corrected chi connectivity index (χ0v) is 13.6. The first kappa shape index (κ1) is 14.8. The van der Waals surface area contributed by atoms with Crippen molar-refractivity contribution < 1.29 is 44.3 Å². The van der Waals surface area contributed by atoms with E-state index in [-0.39, 0.29) is 40.3 Å². The van der Waals surface area contributed by atoms with Crippen molar-refractivity contribution in [3.05, 3.63) is 17.0 Å². The van der Waals surface area contributed by atoms with Gasteiger partial charge in [-0.2, -0.15) is 0 Å². The fourth-order valence-electron chi connectivity index (χ4n) is 2.67. The number of fused-ring (bicyclic) bond motifs is 1. The van der Waals surface area contributed by atoms with Gasteiger partial charge in [-0.15, -0.1) is 11.3 Å². The van der Waals surface area contributed by atoms with Crippen LogP contribution < -0.4 is 39.6 Å². The van der Waals surface area contributed by atoms with Crippen LogP contribution in [-0.4, -0.2) is 42.5 Å². The summed E-state index contributed by atoms with van der Waals surface area (Å²) in [7, 11) is 0. The van der Waals surface area contributed by atoms with E-state index in [0.717, 1.165) is 31.1 Å². The number of carbonyl (C=O) groups is 2. The predicted molar refractivity (Wildman–Crippen MR) is 65.6 cm³/mol. The van der Waals surface area contributed by atoms with Gasteiger partial charge in [0.2, 0.25) is 5.91 Å². The molecule has 19 heavy (non-hydrogen) atoms. The summed E-state index contributed by atoms with van der Waals surface area (Å²) in [4.78, 5) is 26.7. The number of carboxylic acids is 1.